The van der Waals surface area contributed by atoms with Gasteiger partial charge in [-0.25, -0.2) is 0 Å². The van der Waals surface area contributed by atoms with Crippen molar-refractivity contribution in [3.05, 3.63) is 0 Å². The van der Waals surface area contributed by atoms with E-state index in [4.69, 9.17) is 12.7 Å². The molecule has 2 radical (unpaired) electrons. The number of esters is 1. The number of carbonyl (C=O) groups is 1. The molecule has 1 heterocycles. The molecule has 1 saturated heterocycles. The van der Waals surface area contributed by atoms with Gasteiger partial charge in [0.25, 0.3) is 0 Å². The second kappa shape index (κ2) is 4.65. The van der Waals surface area contributed by atoms with Crippen molar-refractivity contribution in [2.24, 2.45) is 11.8 Å². The van der Waals surface area contributed by atoms with E-state index in [9.17, 15) is 4.79 Å². The first kappa shape index (κ1) is 10.6. The van der Waals surface area contributed by atoms with Crippen molar-refractivity contribution in [2.45, 2.75) is 20.3 Å². The molecular weight excluding hydrogens is 165 g/mol. The third kappa shape index (κ3) is 2.73. The van der Waals surface area contributed by atoms with Gasteiger partial charge in [0.15, 0.2) is 7.98 Å². The topological polar surface area (TPSA) is 29.5 Å². The molecule has 1 fully saturated rings. The van der Waals surface area contributed by atoms with Crippen LogP contribution in [0.1, 0.15) is 20.3 Å². The summed E-state index contributed by atoms with van der Waals surface area (Å²) in [6, 6.07) is 0. The first-order valence-electron chi connectivity index (χ1n) is 4.81. The molecule has 0 amide bonds. The molecule has 13 heavy (non-hydrogen) atoms. The van der Waals surface area contributed by atoms with E-state index in [1.165, 1.54) is 0 Å². The molecule has 1 aliphatic heterocycles. The van der Waals surface area contributed by atoms with Crippen molar-refractivity contribution in [3.8, 4) is 0 Å². The molecule has 2 atom stereocenters. The fraction of sp³-hybridized carbons (Fsp3) is 0.889. The summed E-state index contributed by atoms with van der Waals surface area (Å²) < 4.78 is 4.98. The van der Waals surface area contributed by atoms with Crippen molar-refractivity contribution < 1.29 is 9.53 Å². The summed E-state index contributed by atoms with van der Waals surface area (Å²) in [4.78, 5) is 13.1. The molecule has 0 aromatic rings. The lowest BCUT2D eigenvalue weighted by molar-refractivity contribution is -0.151. The van der Waals surface area contributed by atoms with Gasteiger partial charge in [-0.2, -0.15) is 0 Å². The lowest BCUT2D eigenvalue weighted by Crippen LogP contribution is -2.42. The van der Waals surface area contributed by atoms with Crippen molar-refractivity contribution in [3.63, 3.8) is 0 Å². The molecule has 4 heteroatoms. The molecule has 72 valence electrons. The average molecular weight is 181 g/mol. The van der Waals surface area contributed by atoms with Crippen LogP contribution in [0.15, 0.2) is 0 Å². The maximum absolute atomic E-state index is 11.4. The van der Waals surface area contributed by atoms with Gasteiger partial charge in [0.05, 0.1) is 12.5 Å². The summed E-state index contributed by atoms with van der Waals surface area (Å²) in [6.45, 7) is 5.85. The van der Waals surface area contributed by atoms with Crippen LogP contribution in [0.3, 0.4) is 0 Å². The first-order valence-corrected chi connectivity index (χ1v) is 4.81. The molecule has 0 N–H and O–H groups in total. The minimum absolute atomic E-state index is 0.0429. The normalized spacial score (nSPS) is 30.0. The lowest BCUT2D eigenvalue weighted by atomic mass is 9.86. The van der Waals surface area contributed by atoms with Crippen molar-refractivity contribution in [1.29, 1.82) is 0 Å². The van der Waals surface area contributed by atoms with Gasteiger partial charge in [0.1, 0.15) is 0 Å². The van der Waals surface area contributed by atoms with Gasteiger partial charge in [-0.3, -0.25) is 4.79 Å². The molecule has 0 aromatic heterocycles. The Hall–Kier alpha value is -0.505. The highest BCUT2D eigenvalue weighted by atomic mass is 16.5. The highest BCUT2D eigenvalue weighted by Gasteiger charge is 2.30. The molecule has 0 spiro atoms. The maximum Gasteiger partial charge on any atom is 0.310 e. The van der Waals surface area contributed by atoms with Gasteiger partial charge in [-0.05, 0) is 32.4 Å². The Bertz CT molecular complexity index is 186. The van der Waals surface area contributed by atoms with Crippen LogP contribution in [0.2, 0.25) is 0 Å². The number of rotatable bonds is 2. The van der Waals surface area contributed by atoms with E-state index in [2.05, 4.69) is 6.92 Å². The van der Waals surface area contributed by atoms with E-state index < -0.39 is 0 Å². The van der Waals surface area contributed by atoms with E-state index in [0.717, 1.165) is 13.0 Å². The highest BCUT2D eigenvalue weighted by Crippen LogP contribution is 2.22. The number of ether oxygens (including phenoxy) is 1. The van der Waals surface area contributed by atoms with Crippen LogP contribution in [-0.2, 0) is 9.53 Å². The molecule has 0 saturated carbocycles. The summed E-state index contributed by atoms with van der Waals surface area (Å²) in [5, 5.41) is 0. The second-order valence-corrected chi connectivity index (χ2v) is 3.62. The Morgan fingerprint density at radius 2 is 2.38 bits per heavy atom. The standard InChI is InChI=1S/C9H16BNO2/c1-3-13-9(12)8-6-11(10)5-4-7(8)2/h7-8H,3-6H2,1-2H3. The van der Waals surface area contributed by atoms with Crippen LogP contribution in [0.5, 0.6) is 0 Å². The van der Waals surface area contributed by atoms with Gasteiger partial charge in [0.2, 0.25) is 0 Å². The van der Waals surface area contributed by atoms with Crippen molar-refractivity contribution >= 4 is 14.0 Å². The zero-order valence-electron chi connectivity index (χ0n) is 8.32. The Kier molecular flexibility index (Phi) is 3.79. The Morgan fingerprint density at radius 3 is 3.00 bits per heavy atom. The predicted octanol–water partition coefficient (Wildman–Crippen LogP) is 0.591. The SMILES string of the molecule is [B]N1CCC(C)C(C(=O)OCC)C1. The minimum Gasteiger partial charge on any atom is -0.466 e. The van der Waals surface area contributed by atoms with Crippen LogP contribution in [0, 0.1) is 11.8 Å². The van der Waals surface area contributed by atoms with E-state index in [-0.39, 0.29) is 11.9 Å². The van der Waals surface area contributed by atoms with E-state index in [1.54, 1.807) is 4.81 Å². The van der Waals surface area contributed by atoms with Crippen LogP contribution < -0.4 is 0 Å². The number of nitrogens with zero attached hydrogens (tertiary/aromatic N) is 1. The minimum atomic E-state index is -0.106. The van der Waals surface area contributed by atoms with Crippen molar-refractivity contribution in [2.75, 3.05) is 19.7 Å². The zero-order valence-corrected chi connectivity index (χ0v) is 8.32. The third-order valence-electron chi connectivity index (χ3n) is 2.58. The van der Waals surface area contributed by atoms with E-state index in [1.807, 2.05) is 6.92 Å². The van der Waals surface area contributed by atoms with Crippen LogP contribution in [-0.4, -0.2) is 38.5 Å². The first-order chi connectivity index (χ1) is 6.15. The van der Waals surface area contributed by atoms with Gasteiger partial charge in [0, 0.05) is 0 Å². The molecule has 0 aromatic carbocycles. The summed E-state index contributed by atoms with van der Waals surface area (Å²) >= 11 is 0. The summed E-state index contributed by atoms with van der Waals surface area (Å²) in [5.41, 5.74) is 0. The van der Waals surface area contributed by atoms with E-state index >= 15 is 0 Å². The summed E-state index contributed by atoms with van der Waals surface area (Å²) in [5.74, 6) is 0.239. The van der Waals surface area contributed by atoms with Gasteiger partial charge < -0.3 is 9.55 Å². The zero-order chi connectivity index (χ0) is 9.84. The Balaban J connectivity index is 2.50. The van der Waals surface area contributed by atoms with Crippen LogP contribution in [0.4, 0.5) is 0 Å². The summed E-state index contributed by atoms with van der Waals surface area (Å²) in [7, 11) is 5.65. The maximum atomic E-state index is 11.4. The monoisotopic (exact) mass is 181 g/mol. The molecule has 1 rings (SSSR count). The third-order valence-corrected chi connectivity index (χ3v) is 2.58. The fourth-order valence-electron chi connectivity index (χ4n) is 1.65. The molecule has 1 aliphatic rings. The molecule has 2 unspecified atom stereocenters. The quantitative estimate of drug-likeness (QED) is 0.461. The smallest absolute Gasteiger partial charge is 0.310 e. The van der Waals surface area contributed by atoms with Crippen molar-refractivity contribution in [1.82, 2.24) is 4.81 Å². The van der Waals surface area contributed by atoms with Gasteiger partial charge in [-0.1, -0.05) is 6.92 Å². The number of carbonyl (C=O) groups excluding carboxylic acids is 1. The van der Waals surface area contributed by atoms with Gasteiger partial charge >= 0.3 is 5.97 Å². The Morgan fingerprint density at radius 1 is 1.69 bits per heavy atom. The average Bonchev–Trinajstić information content (AvgIpc) is 2.09. The molecule has 3 nitrogen and oxygen atoms in total. The van der Waals surface area contributed by atoms with Crippen LogP contribution in [0.25, 0.3) is 0 Å². The summed E-state index contributed by atoms with van der Waals surface area (Å²) in [6.07, 6.45) is 0.972. The molecule has 0 aliphatic carbocycles. The molecular formula is C9H16BNO2. The largest absolute Gasteiger partial charge is 0.466 e. The highest BCUT2D eigenvalue weighted by molar-refractivity contribution is 6.04. The fourth-order valence-corrected chi connectivity index (χ4v) is 1.65. The number of hydrogen-bond donors (Lipinski definition) is 0. The number of hydrogen-bond acceptors (Lipinski definition) is 3. The molecule has 0 bridgehead atoms. The Labute approximate surface area is 80.9 Å². The van der Waals surface area contributed by atoms with E-state index in [0.29, 0.717) is 19.1 Å². The second-order valence-electron chi connectivity index (χ2n) is 3.62. The number of piperidine rings is 1. The van der Waals surface area contributed by atoms with Crippen LogP contribution >= 0.6 is 0 Å². The van der Waals surface area contributed by atoms with Gasteiger partial charge in [-0.15, -0.1) is 0 Å². The lowest BCUT2D eigenvalue weighted by Gasteiger charge is -2.33. The predicted molar refractivity (Wildman–Crippen MR) is 51.2 cm³/mol.